The van der Waals surface area contributed by atoms with E-state index in [0.29, 0.717) is 26.4 Å². The quantitative estimate of drug-likeness (QED) is 0.222. The SMILES string of the molecule is N#COc1c2c(cc3c1CCC3)CCC2.NS(=O)(=O)c1ccn(C2CCOC2)n1.O=C(Nc1c2c(cc3c1CCC3)CCC2)NS(=O)(=O)c1ccn(C2CCOC2)n1. The predicted molar refractivity (Wildman–Crippen MR) is 211 cm³/mol. The van der Waals surface area contributed by atoms with Crippen molar-refractivity contribution in [2.24, 2.45) is 5.14 Å². The van der Waals surface area contributed by atoms with Crippen molar-refractivity contribution in [1.29, 1.82) is 5.26 Å². The minimum atomic E-state index is -4.05. The summed E-state index contributed by atoms with van der Waals surface area (Å²) in [5, 5.41) is 24.3. The summed E-state index contributed by atoms with van der Waals surface area (Å²) >= 11 is 0. The first-order valence-corrected chi connectivity index (χ1v) is 23.0. The Kier molecular flexibility index (Phi) is 11.6. The van der Waals surface area contributed by atoms with E-state index in [1.165, 1.54) is 58.4 Å². The van der Waals surface area contributed by atoms with Crippen LogP contribution in [0.2, 0.25) is 0 Å². The molecule has 2 saturated heterocycles. The molecule has 2 aromatic carbocycles. The topological polar surface area (TPSA) is 223 Å². The van der Waals surface area contributed by atoms with Crippen molar-refractivity contribution in [1.82, 2.24) is 24.3 Å². The van der Waals surface area contributed by atoms with E-state index in [2.05, 4.69) is 32.4 Å². The van der Waals surface area contributed by atoms with Crippen molar-refractivity contribution in [3.8, 4) is 12.0 Å². The summed E-state index contributed by atoms with van der Waals surface area (Å²) in [5.41, 5.74) is 11.1. The number of nitrogens with zero attached hydrogens (tertiary/aromatic N) is 5. The minimum absolute atomic E-state index is 0.0299. The second-order valence-electron chi connectivity index (χ2n) is 15.5. The molecule has 0 radical (unpaired) electrons. The van der Waals surface area contributed by atoms with Gasteiger partial charge in [0.2, 0.25) is 0 Å². The smallest absolute Gasteiger partial charge is 0.333 e. The van der Waals surface area contributed by atoms with Crippen LogP contribution in [-0.4, -0.2) is 68.9 Å². The minimum Gasteiger partial charge on any atom is -0.387 e. The lowest BCUT2D eigenvalue weighted by atomic mass is 9.99. The third kappa shape index (κ3) is 8.50. The monoisotopic (exact) mass is 832 g/mol. The van der Waals surface area contributed by atoms with E-state index < -0.39 is 26.1 Å². The van der Waals surface area contributed by atoms with Crippen LogP contribution in [0.3, 0.4) is 0 Å². The molecule has 4 N–H and O–H groups in total. The molecule has 0 spiro atoms. The van der Waals surface area contributed by atoms with Crippen molar-refractivity contribution < 1.29 is 35.8 Å². The predicted octanol–water partition coefficient (Wildman–Crippen LogP) is 4.35. The van der Waals surface area contributed by atoms with Gasteiger partial charge in [-0.15, -0.1) is 5.26 Å². The van der Waals surface area contributed by atoms with E-state index in [0.717, 1.165) is 99.6 Å². The lowest BCUT2D eigenvalue weighted by molar-refractivity contribution is 0.184. The summed E-state index contributed by atoms with van der Waals surface area (Å²) < 4.78 is 68.2. The zero-order valence-corrected chi connectivity index (χ0v) is 33.9. The number of urea groups is 1. The Morgan fingerprint density at radius 2 is 1.21 bits per heavy atom. The van der Waals surface area contributed by atoms with Crippen molar-refractivity contribution >= 4 is 31.8 Å². The fourth-order valence-corrected chi connectivity index (χ4v) is 10.3. The number of nitrogens with two attached hydrogens (primary N) is 1. The molecule has 10 rings (SSSR count). The number of nitriles is 1. The third-order valence-electron chi connectivity index (χ3n) is 11.8. The zero-order chi connectivity index (χ0) is 40.4. The van der Waals surface area contributed by atoms with Gasteiger partial charge in [-0.2, -0.15) is 18.6 Å². The summed E-state index contributed by atoms with van der Waals surface area (Å²) in [6.07, 6.45) is 19.6. The number of rotatable bonds is 7. The number of hydrogen-bond donors (Lipinski definition) is 3. The summed E-state index contributed by atoms with van der Waals surface area (Å²) in [4.78, 5) is 12.6. The molecule has 2 aliphatic heterocycles. The van der Waals surface area contributed by atoms with Crippen LogP contribution in [0.4, 0.5) is 10.5 Å². The first-order valence-electron chi connectivity index (χ1n) is 20.0. The summed E-state index contributed by atoms with van der Waals surface area (Å²) in [5.74, 6) is 0.903. The normalized spacial score (nSPS) is 20.1. The fourth-order valence-electron chi connectivity index (χ4n) is 9.02. The maximum atomic E-state index is 12.6. The van der Waals surface area contributed by atoms with Gasteiger partial charge in [-0.05, 0) is 147 Å². The fraction of sp³-hybridized carbons (Fsp3) is 0.500. The molecule has 0 bridgehead atoms. The van der Waals surface area contributed by atoms with Crippen LogP contribution in [0.1, 0.15) is 95.1 Å². The van der Waals surface area contributed by atoms with Gasteiger partial charge < -0.3 is 19.5 Å². The molecule has 4 aliphatic carbocycles. The number of carbonyl (C=O) groups is 1. The number of amides is 2. The maximum absolute atomic E-state index is 12.6. The number of carbonyl (C=O) groups excluding carboxylic acids is 1. The second kappa shape index (κ2) is 16.8. The van der Waals surface area contributed by atoms with Crippen molar-refractivity contribution in [2.45, 2.75) is 112 Å². The van der Waals surface area contributed by atoms with E-state index >= 15 is 0 Å². The Labute approximate surface area is 338 Å². The van der Waals surface area contributed by atoms with Crippen molar-refractivity contribution in [2.75, 3.05) is 31.7 Å². The van der Waals surface area contributed by atoms with Gasteiger partial charge >= 0.3 is 6.03 Å². The molecular formula is C40H48N8O8S2. The zero-order valence-electron chi connectivity index (χ0n) is 32.2. The number of benzene rings is 2. The van der Waals surface area contributed by atoms with E-state index in [9.17, 15) is 21.6 Å². The van der Waals surface area contributed by atoms with Crippen LogP contribution in [0.5, 0.6) is 5.75 Å². The number of ether oxygens (including phenoxy) is 3. The standard InChI is InChI=1S/C20H24N4O4S.C13H13NO.C7H11N3O3S/c25-20(21-19-16-5-1-3-13(16)11-14-4-2-6-17(14)19)23-29(26,27)18-7-9-24(22-18)15-8-10-28-12-15;14-8-15-13-11-5-1-3-9(11)7-10-4-2-6-12(10)13;8-14(11,12)7-1-3-10(9-7)6-2-4-13-5-6/h7,9,11,15H,1-6,8,10,12H2,(H2,21,23,25);7H,1-6H2;1,3,6H,2,4-5H2,(H2,8,11,12). The Bertz CT molecular complexity index is 2400. The van der Waals surface area contributed by atoms with Gasteiger partial charge in [-0.25, -0.2) is 23.1 Å². The van der Waals surface area contributed by atoms with Crippen LogP contribution in [0, 0.1) is 11.5 Å². The lowest BCUT2D eigenvalue weighted by Gasteiger charge is -2.16. The molecule has 2 unspecified atom stereocenters. The Hall–Kier alpha value is -4.80. The number of primary sulfonamides is 1. The average Bonchev–Trinajstić information content (AvgIpc) is 4.01. The average molecular weight is 833 g/mol. The largest absolute Gasteiger partial charge is 0.387 e. The van der Waals surface area contributed by atoms with Gasteiger partial charge in [-0.3, -0.25) is 9.36 Å². The van der Waals surface area contributed by atoms with Crippen LogP contribution in [0.15, 0.2) is 46.7 Å². The van der Waals surface area contributed by atoms with E-state index in [4.69, 9.17) is 24.6 Å². The molecule has 0 saturated carbocycles. The highest BCUT2D eigenvalue weighted by Gasteiger charge is 2.29. The van der Waals surface area contributed by atoms with Gasteiger partial charge in [0.05, 0.1) is 25.3 Å². The maximum Gasteiger partial charge on any atom is 0.333 e. The number of hydrogen-bond acceptors (Lipinski definition) is 11. The lowest BCUT2D eigenvalue weighted by Crippen LogP contribution is -2.35. The summed E-state index contributed by atoms with van der Waals surface area (Å²) in [7, 11) is -7.74. The van der Waals surface area contributed by atoms with Gasteiger partial charge in [0, 0.05) is 31.3 Å². The van der Waals surface area contributed by atoms with Crippen LogP contribution < -0.4 is 19.9 Å². The highest BCUT2D eigenvalue weighted by Crippen LogP contribution is 2.41. The molecule has 2 atom stereocenters. The molecule has 2 fully saturated rings. The molecule has 4 aromatic rings. The van der Waals surface area contributed by atoms with Crippen LogP contribution >= 0.6 is 0 Å². The molecule has 4 heterocycles. The number of aromatic nitrogens is 4. The number of nitrogens with one attached hydrogen (secondary N) is 2. The molecule has 16 nitrogen and oxygen atoms in total. The van der Waals surface area contributed by atoms with Crippen molar-refractivity contribution in [3.63, 3.8) is 0 Å². The first-order chi connectivity index (χ1) is 28.0. The highest BCUT2D eigenvalue weighted by atomic mass is 32.2. The third-order valence-corrected chi connectivity index (χ3v) is 13.8. The van der Waals surface area contributed by atoms with E-state index in [1.807, 2.05) is 6.26 Å². The number of fused-ring (bicyclic) bond motifs is 4. The van der Waals surface area contributed by atoms with Crippen LogP contribution in [-0.2, 0) is 80.9 Å². The molecule has 2 aromatic heterocycles. The Balaban J connectivity index is 0.000000135. The molecule has 308 valence electrons. The number of anilines is 1. The van der Waals surface area contributed by atoms with E-state index in [-0.39, 0.29) is 22.1 Å². The summed E-state index contributed by atoms with van der Waals surface area (Å²) in [6, 6.07) is 6.84. The van der Waals surface area contributed by atoms with Gasteiger partial charge in [-0.1, -0.05) is 12.1 Å². The first kappa shape index (κ1) is 40.0. The van der Waals surface area contributed by atoms with Gasteiger partial charge in [0.15, 0.2) is 10.1 Å². The molecule has 6 aliphatic rings. The van der Waals surface area contributed by atoms with Gasteiger partial charge in [0.25, 0.3) is 26.3 Å². The van der Waals surface area contributed by atoms with E-state index in [1.54, 1.807) is 21.8 Å². The number of sulfonamides is 2. The molecule has 58 heavy (non-hydrogen) atoms. The number of aryl methyl sites for hydroxylation is 4. The Morgan fingerprint density at radius 1 is 0.741 bits per heavy atom. The summed E-state index contributed by atoms with van der Waals surface area (Å²) in [6.45, 7) is 2.42. The van der Waals surface area contributed by atoms with Crippen LogP contribution in [0.25, 0.3) is 0 Å². The van der Waals surface area contributed by atoms with Crippen molar-refractivity contribution in [3.05, 3.63) is 81.2 Å². The molecule has 18 heteroatoms. The second-order valence-corrected chi connectivity index (χ2v) is 18.7. The Morgan fingerprint density at radius 3 is 1.66 bits per heavy atom. The molecule has 2 amide bonds. The molecular weight excluding hydrogens is 785 g/mol. The van der Waals surface area contributed by atoms with Gasteiger partial charge in [0.1, 0.15) is 5.75 Å². The highest BCUT2D eigenvalue weighted by molar-refractivity contribution is 7.90.